The summed E-state index contributed by atoms with van der Waals surface area (Å²) in [4.78, 5) is 12.2. The van der Waals surface area contributed by atoms with Gasteiger partial charge in [0.15, 0.2) is 5.57 Å². The largest absolute Gasteiger partial charge is 0.496 e. The molecular formula is C18H25BN2O4. The third-order valence-corrected chi connectivity index (χ3v) is 4.35. The molecule has 0 aromatic heterocycles. The molecule has 0 amide bonds. The first-order chi connectivity index (χ1) is 11.4. The lowest BCUT2D eigenvalue weighted by Gasteiger charge is -2.32. The monoisotopic (exact) mass is 344 g/mol. The molecule has 0 unspecified atom stereocenters. The number of ether oxygens (including phenoxy) is 1. The maximum Gasteiger partial charge on any atom is 0.496 e. The predicted molar refractivity (Wildman–Crippen MR) is 94.9 cm³/mol. The summed E-state index contributed by atoms with van der Waals surface area (Å²) in [7, 11) is -0.512. The van der Waals surface area contributed by atoms with E-state index in [9.17, 15) is 10.1 Å². The summed E-state index contributed by atoms with van der Waals surface area (Å²) in [6, 6.07) is 1.90. The van der Waals surface area contributed by atoms with E-state index in [1.54, 1.807) is 39.1 Å². The quantitative estimate of drug-likeness (QED) is 0.359. The lowest BCUT2D eigenvalue weighted by molar-refractivity contribution is -0.149. The predicted octanol–water partition coefficient (Wildman–Crippen LogP) is 2.78. The number of allylic oxidation sites excluding steroid dienone is 3. The average molecular weight is 344 g/mol. The van der Waals surface area contributed by atoms with Crippen molar-refractivity contribution < 1.29 is 18.8 Å². The zero-order chi connectivity index (χ0) is 19.0. The Morgan fingerprint density at radius 2 is 1.76 bits per heavy atom. The molecule has 1 N–H and O–H groups in total. The molecule has 0 aromatic rings. The molecule has 134 valence electrons. The first-order valence-corrected chi connectivity index (χ1v) is 8.24. The van der Waals surface area contributed by atoms with Crippen molar-refractivity contribution in [3.05, 3.63) is 35.1 Å². The minimum absolute atomic E-state index is 0.0737. The smallest absolute Gasteiger partial charge is 0.456 e. The van der Waals surface area contributed by atoms with Crippen LogP contribution in [-0.4, -0.2) is 29.9 Å². The summed E-state index contributed by atoms with van der Waals surface area (Å²) in [5.41, 5.74) is -0.439. The second kappa shape index (κ2) is 6.36. The maximum atomic E-state index is 12.2. The van der Waals surface area contributed by atoms with E-state index in [0.29, 0.717) is 5.70 Å². The number of nitrogens with zero attached hydrogens (tertiary/aromatic N) is 1. The lowest BCUT2D eigenvalue weighted by atomic mass is 9.77. The van der Waals surface area contributed by atoms with E-state index >= 15 is 0 Å². The van der Waals surface area contributed by atoms with Crippen LogP contribution in [0, 0.1) is 11.3 Å². The van der Waals surface area contributed by atoms with E-state index in [1.807, 2.05) is 33.8 Å². The molecule has 2 rings (SSSR count). The molecule has 2 heterocycles. The molecule has 7 heteroatoms. The number of carbonyl (C=O) groups is 1. The van der Waals surface area contributed by atoms with Crippen molar-refractivity contribution in [1.82, 2.24) is 5.32 Å². The van der Waals surface area contributed by atoms with Gasteiger partial charge in [0, 0.05) is 6.20 Å². The van der Waals surface area contributed by atoms with Crippen LogP contribution < -0.4 is 5.32 Å². The summed E-state index contributed by atoms with van der Waals surface area (Å²) in [6.45, 7) is 13.2. The standard InChI is InChI=1S/C18H25BN2O4/c1-16(2,3)23-15(22)13(10-20)14-9-8-12(11-21-14)19-24-17(4,5)18(6,7)25-19/h8-9,11,21H,1-7H3/b14-13-. The molecule has 1 fully saturated rings. The number of dihydropyridines is 1. The van der Waals surface area contributed by atoms with Crippen LogP contribution in [0.4, 0.5) is 0 Å². The number of esters is 1. The second-order valence-electron chi connectivity index (χ2n) is 8.11. The van der Waals surface area contributed by atoms with Crippen molar-refractivity contribution in [2.24, 2.45) is 0 Å². The van der Waals surface area contributed by atoms with E-state index in [1.165, 1.54) is 0 Å². The number of carbonyl (C=O) groups excluding carboxylic acids is 1. The van der Waals surface area contributed by atoms with Crippen molar-refractivity contribution in [3.8, 4) is 6.07 Å². The summed E-state index contributed by atoms with van der Waals surface area (Å²) in [5.74, 6) is -0.658. The van der Waals surface area contributed by atoms with Gasteiger partial charge in [-0.3, -0.25) is 0 Å². The fraction of sp³-hybridized carbons (Fsp3) is 0.556. The Balaban J connectivity index is 2.16. The number of rotatable bonds is 2. The van der Waals surface area contributed by atoms with Gasteiger partial charge < -0.3 is 19.4 Å². The molecule has 0 aliphatic carbocycles. The normalized spacial score (nSPS) is 23.4. The Hall–Kier alpha value is -2.04. The Kier molecular flexibility index (Phi) is 4.91. The molecule has 1 saturated heterocycles. The van der Waals surface area contributed by atoms with Crippen molar-refractivity contribution in [3.63, 3.8) is 0 Å². The number of hydrogen-bond donors (Lipinski definition) is 1. The number of nitriles is 1. The molecule has 2 aliphatic rings. The molecule has 0 bridgehead atoms. The van der Waals surface area contributed by atoms with Gasteiger partial charge in [-0.1, -0.05) is 6.08 Å². The van der Waals surface area contributed by atoms with Crippen LogP contribution in [0.1, 0.15) is 48.5 Å². The van der Waals surface area contributed by atoms with Gasteiger partial charge in [0.05, 0.1) is 16.9 Å². The number of nitrogens with one attached hydrogen (secondary N) is 1. The van der Waals surface area contributed by atoms with Crippen LogP contribution in [0.3, 0.4) is 0 Å². The van der Waals surface area contributed by atoms with E-state index in [4.69, 9.17) is 14.0 Å². The second-order valence-corrected chi connectivity index (χ2v) is 8.11. The molecule has 25 heavy (non-hydrogen) atoms. The van der Waals surface area contributed by atoms with Crippen LogP contribution in [-0.2, 0) is 18.8 Å². The Bertz CT molecular complexity index is 690. The molecule has 0 aromatic carbocycles. The first kappa shape index (κ1) is 19.3. The fourth-order valence-corrected chi connectivity index (χ4v) is 2.26. The highest BCUT2D eigenvalue weighted by molar-refractivity contribution is 6.55. The van der Waals surface area contributed by atoms with Gasteiger partial charge >= 0.3 is 13.1 Å². The highest BCUT2D eigenvalue weighted by Gasteiger charge is 2.52. The maximum absolute atomic E-state index is 12.2. The van der Waals surface area contributed by atoms with Crippen LogP contribution in [0.2, 0.25) is 0 Å². The molecule has 2 aliphatic heterocycles. The molecule has 0 atom stereocenters. The van der Waals surface area contributed by atoms with Gasteiger partial charge in [-0.25, -0.2) is 4.79 Å². The molecular weight excluding hydrogens is 319 g/mol. The SMILES string of the molecule is CC(C)(C)OC(=O)/C(C#N)=C1/C=CC(B2OC(C)(C)C(C)(C)O2)=CN1. The highest BCUT2D eigenvalue weighted by Crippen LogP contribution is 2.39. The summed E-state index contributed by atoms with van der Waals surface area (Å²) < 4.78 is 17.2. The van der Waals surface area contributed by atoms with E-state index in [0.717, 1.165) is 5.47 Å². The highest BCUT2D eigenvalue weighted by atomic mass is 16.7. The lowest BCUT2D eigenvalue weighted by Crippen LogP contribution is -2.41. The van der Waals surface area contributed by atoms with Gasteiger partial charge in [-0.15, -0.1) is 0 Å². The van der Waals surface area contributed by atoms with Gasteiger partial charge in [0.25, 0.3) is 0 Å². The number of hydrogen-bond acceptors (Lipinski definition) is 6. The van der Waals surface area contributed by atoms with Crippen molar-refractivity contribution in [1.29, 1.82) is 5.26 Å². The van der Waals surface area contributed by atoms with Gasteiger partial charge in [-0.05, 0) is 60.0 Å². The molecule has 0 spiro atoms. The Morgan fingerprint density at radius 3 is 2.16 bits per heavy atom. The molecule has 0 radical (unpaired) electrons. The van der Waals surface area contributed by atoms with Gasteiger partial charge in [-0.2, -0.15) is 5.26 Å². The van der Waals surface area contributed by atoms with Gasteiger partial charge in [0.1, 0.15) is 11.7 Å². The van der Waals surface area contributed by atoms with Crippen LogP contribution in [0.15, 0.2) is 35.1 Å². The fourth-order valence-electron chi connectivity index (χ4n) is 2.26. The summed E-state index contributed by atoms with van der Waals surface area (Å²) in [6.07, 6.45) is 5.11. The Morgan fingerprint density at radius 1 is 1.20 bits per heavy atom. The zero-order valence-corrected chi connectivity index (χ0v) is 15.9. The third kappa shape index (κ3) is 4.14. The van der Waals surface area contributed by atoms with E-state index in [-0.39, 0.29) is 5.57 Å². The summed E-state index contributed by atoms with van der Waals surface area (Å²) >= 11 is 0. The van der Waals surface area contributed by atoms with Crippen molar-refractivity contribution >= 4 is 13.1 Å². The Labute approximate surface area is 149 Å². The van der Waals surface area contributed by atoms with Crippen LogP contribution >= 0.6 is 0 Å². The van der Waals surface area contributed by atoms with Crippen LogP contribution in [0.25, 0.3) is 0 Å². The van der Waals surface area contributed by atoms with Crippen molar-refractivity contribution in [2.75, 3.05) is 0 Å². The summed E-state index contributed by atoms with van der Waals surface area (Å²) in [5, 5.41) is 12.3. The molecule has 6 nitrogen and oxygen atoms in total. The minimum atomic E-state index is -0.665. The van der Waals surface area contributed by atoms with E-state index in [2.05, 4.69) is 5.32 Å². The average Bonchev–Trinajstić information content (AvgIpc) is 2.67. The van der Waals surface area contributed by atoms with Crippen molar-refractivity contribution in [2.45, 2.75) is 65.3 Å². The topological polar surface area (TPSA) is 80.6 Å². The molecule has 0 saturated carbocycles. The first-order valence-electron chi connectivity index (χ1n) is 8.24. The van der Waals surface area contributed by atoms with Crippen LogP contribution in [0.5, 0.6) is 0 Å². The van der Waals surface area contributed by atoms with E-state index < -0.39 is 29.9 Å². The third-order valence-electron chi connectivity index (χ3n) is 4.35. The zero-order valence-electron chi connectivity index (χ0n) is 15.9. The minimum Gasteiger partial charge on any atom is -0.456 e. The van der Waals surface area contributed by atoms with Gasteiger partial charge in [0.2, 0.25) is 0 Å².